The zero-order valence-electron chi connectivity index (χ0n) is 31.0. The zero-order chi connectivity index (χ0) is 39.3. The van der Waals surface area contributed by atoms with E-state index < -0.39 is 18.3 Å². The Morgan fingerprint density at radius 1 is 0.839 bits per heavy atom. The number of rotatable bonds is 11. The van der Waals surface area contributed by atoms with Crippen molar-refractivity contribution in [2.45, 2.75) is 58.2 Å². The Labute approximate surface area is 335 Å². The minimum atomic E-state index is -0.843. The monoisotopic (exact) mass is 792 g/mol. The van der Waals surface area contributed by atoms with E-state index in [9.17, 15) is 19.2 Å². The fourth-order valence-electron chi connectivity index (χ4n) is 7.38. The summed E-state index contributed by atoms with van der Waals surface area (Å²) in [5, 5.41) is 12.0. The van der Waals surface area contributed by atoms with Gasteiger partial charge in [-0.25, -0.2) is 9.59 Å². The molecule has 11 nitrogen and oxygen atoms in total. The first-order chi connectivity index (χ1) is 27.0. The van der Waals surface area contributed by atoms with Crippen molar-refractivity contribution in [2.24, 2.45) is 0 Å². The molecule has 2 N–H and O–H groups in total. The lowest BCUT2D eigenvalue weighted by molar-refractivity contribution is -0.158. The van der Waals surface area contributed by atoms with Gasteiger partial charge in [0.25, 0.3) is 0 Å². The molecule has 2 aliphatic heterocycles. The van der Waals surface area contributed by atoms with Gasteiger partial charge in [0.1, 0.15) is 18.8 Å². The standard InChI is InChI=1S/C43H42Cl2N6O5/c1-28(2)51(42(54)46-23-31-17-20-36(44)37(45)21-31)49-26-40(52)50-38(22-29-15-18-34(19-16-29)47-43(55)56-27-30-9-4-3-5-10-30)41(53)48(25-39(49)50)24-33-13-8-12-32-11-6-7-14-35(32)33/h3-21,28,38-39H,22-27H2,1-2H3,(H,46,54)(H,47,55)/t38-,39+/m0/s1. The first-order valence-electron chi connectivity index (χ1n) is 18.5. The van der Waals surface area contributed by atoms with Gasteiger partial charge in [-0.05, 0) is 71.1 Å². The molecule has 0 unspecified atom stereocenters. The topological polar surface area (TPSA) is 115 Å². The number of hydrazine groups is 1. The number of fused-ring (bicyclic) bond motifs is 2. The SMILES string of the molecule is CC(C)N(C(=O)NCc1ccc(Cl)c(Cl)c1)N1CC(=O)N2[C@@H](Cc3ccc(NC(=O)OCc4ccccc4)cc3)C(=O)N(Cc3cccc4ccccc34)C[C@@H]21. The molecular formula is C43H42Cl2N6O5. The number of hydrogen-bond acceptors (Lipinski definition) is 6. The van der Waals surface area contributed by atoms with Crippen molar-refractivity contribution >= 4 is 63.6 Å². The van der Waals surface area contributed by atoms with E-state index in [0.29, 0.717) is 22.3 Å². The number of carbonyl (C=O) groups excluding carboxylic acids is 4. The molecule has 2 heterocycles. The number of ether oxygens (including phenoxy) is 1. The van der Waals surface area contributed by atoms with Crippen LogP contribution in [0, 0.1) is 0 Å². The summed E-state index contributed by atoms with van der Waals surface area (Å²) in [6, 6.07) is 34.2. The van der Waals surface area contributed by atoms with Crippen molar-refractivity contribution in [1.29, 1.82) is 0 Å². The lowest BCUT2D eigenvalue weighted by Gasteiger charge is -2.47. The molecule has 0 bridgehead atoms. The van der Waals surface area contributed by atoms with Gasteiger partial charge in [0, 0.05) is 31.2 Å². The molecule has 0 aromatic heterocycles. The van der Waals surface area contributed by atoms with Gasteiger partial charge in [0.05, 0.1) is 23.1 Å². The molecule has 2 fully saturated rings. The molecule has 13 heteroatoms. The van der Waals surface area contributed by atoms with Crippen LogP contribution in [0.15, 0.2) is 115 Å². The van der Waals surface area contributed by atoms with Crippen LogP contribution in [0.25, 0.3) is 10.8 Å². The first-order valence-corrected chi connectivity index (χ1v) is 19.2. The molecule has 7 rings (SSSR count). The van der Waals surface area contributed by atoms with Crippen LogP contribution in [0.2, 0.25) is 10.0 Å². The number of nitrogens with zero attached hydrogens (tertiary/aromatic N) is 4. The average Bonchev–Trinajstić information content (AvgIpc) is 3.51. The van der Waals surface area contributed by atoms with Gasteiger partial charge in [0.15, 0.2) is 0 Å². The van der Waals surface area contributed by atoms with E-state index in [4.69, 9.17) is 27.9 Å². The van der Waals surface area contributed by atoms with E-state index in [1.165, 1.54) is 0 Å². The van der Waals surface area contributed by atoms with Crippen LogP contribution >= 0.6 is 23.2 Å². The largest absolute Gasteiger partial charge is 0.444 e. The van der Waals surface area contributed by atoms with Crippen LogP contribution in [-0.4, -0.2) is 75.1 Å². The van der Waals surface area contributed by atoms with E-state index >= 15 is 0 Å². The average molecular weight is 794 g/mol. The Kier molecular flexibility index (Phi) is 11.8. The second-order valence-corrected chi connectivity index (χ2v) is 15.0. The normalized spacial score (nSPS) is 16.9. The lowest BCUT2D eigenvalue weighted by atomic mass is 9.98. The number of amides is 5. The summed E-state index contributed by atoms with van der Waals surface area (Å²) >= 11 is 12.3. The number of anilines is 1. The number of piperazine rings is 1. The highest BCUT2D eigenvalue weighted by molar-refractivity contribution is 6.42. The quantitative estimate of drug-likeness (QED) is 0.141. The maximum atomic E-state index is 14.5. The Morgan fingerprint density at radius 2 is 1.55 bits per heavy atom. The van der Waals surface area contributed by atoms with Gasteiger partial charge >= 0.3 is 12.1 Å². The number of carbonyl (C=O) groups is 4. The highest BCUT2D eigenvalue weighted by Crippen LogP contribution is 2.32. The Hall–Kier alpha value is -5.62. The molecule has 288 valence electrons. The number of urea groups is 1. The highest BCUT2D eigenvalue weighted by Gasteiger charge is 2.52. The van der Waals surface area contributed by atoms with Crippen LogP contribution in [0.1, 0.15) is 36.1 Å². The molecule has 5 amide bonds. The van der Waals surface area contributed by atoms with Crippen LogP contribution in [0.5, 0.6) is 0 Å². The van der Waals surface area contributed by atoms with Gasteiger partial charge in [-0.1, -0.05) is 114 Å². The summed E-state index contributed by atoms with van der Waals surface area (Å²) in [6.45, 7) is 4.54. The molecule has 0 saturated carbocycles. The van der Waals surface area contributed by atoms with Gasteiger partial charge in [0.2, 0.25) is 11.8 Å². The molecule has 0 spiro atoms. The molecule has 2 saturated heterocycles. The Morgan fingerprint density at radius 3 is 2.30 bits per heavy atom. The van der Waals surface area contributed by atoms with Crippen LogP contribution in [-0.2, 0) is 40.4 Å². The van der Waals surface area contributed by atoms with Crippen LogP contribution < -0.4 is 10.6 Å². The number of hydrogen-bond donors (Lipinski definition) is 2. The third-order valence-electron chi connectivity index (χ3n) is 10.1. The first kappa shape index (κ1) is 38.6. The molecule has 0 aliphatic carbocycles. The van der Waals surface area contributed by atoms with Gasteiger partial charge in [-0.2, -0.15) is 5.01 Å². The summed E-state index contributed by atoms with van der Waals surface area (Å²) in [5.74, 6) is -0.434. The van der Waals surface area contributed by atoms with Gasteiger partial charge in [-0.15, -0.1) is 0 Å². The molecular weight excluding hydrogens is 751 g/mol. The third kappa shape index (κ3) is 8.60. The van der Waals surface area contributed by atoms with Crippen molar-refractivity contribution in [3.8, 4) is 0 Å². The Bertz CT molecular complexity index is 2230. The third-order valence-corrected chi connectivity index (χ3v) is 10.8. The number of nitrogens with one attached hydrogen (secondary N) is 2. The smallest absolute Gasteiger partial charge is 0.411 e. The predicted molar refractivity (Wildman–Crippen MR) is 217 cm³/mol. The fraction of sp³-hybridized carbons (Fsp3) is 0.256. The number of halogens is 2. The minimum Gasteiger partial charge on any atom is -0.444 e. The zero-order valence-corrected chi connectivity index (χ0v) is 32.5. The van der Waals surface area contributed by atoms with Crippen molar-refractivity contribution in [3.05, 3.63) is 148 Å². The van der Waals surface area contributed by atoms with Crippen molar-refractivity contribution in [2.75, 3.05) is 18.4 Å². The predicted octanol–water partition coefficient (Wildman–Crippen LogP) is 7.85. The maximum Gasteiger partial charge on any atom is 0.411 e. The lowest BCUT2D eigenvalue weighted by Crippen LogP contribution is -2.66. The minimum absolute atomic E-state index is 0.0805. The van der Waals surface area contributed by atoms with Crippen molar-refractivity contribution in [3.63, 3.8) is 0 Å². The fourth-order valence-corrected chi connectivity index (χ4v) is 7.70. The molecule has 2 atom stereocenters. The summed E-state index contributed by atoms with van der Waals surface area (Å²) in [6.07, 6.45) is -0.974. The second kappa shape index (κ2) is 17.0. The summed E-state index contributed by atoms with van der Waals surface area (Å²) in [5.41, 5.74) is 3.95. The van der Waals surface area contributed by atoms with E-state index in [-0.39, 0.29) is 56.5 Å². The highest BCUT2D eigenvalue weighted by atomic mass is 35.5. The summed E-state index contributed by atoms with van der Waals surface area (Å²) in [4.78, 5) is 58.4. The molecule has 2 aliphatic rings. The van der Waals surface area contributed by atoms with Crippen molar-refractivity contribution in [1.82, 2.24) is 25.1 Å². The van der Waals surface area contributed by atoms with Crippen LogP contribution in [0.3, 0.4) is 0 Å². The van der Waals surface area contributed by atoms with Crippen LogP contribution in [0.4, 0.5) is 15.3 Å². The maximum absolute atomic E-state index is 14.5. The Balaban J connectivity index is 1.13. The molecule has 5 aromatic carbocycles. The number of benzene rings is 5. The van der Waals surface area contributed by atoms with E-state index in [0.717, 1.165) is 33.0 Å². The van der Waals surface area contributed by atoms with Gasteiger partial charge in [-0.3, -0.25) is 19.9 Å². The van der Waals surface area contributed by atoms with E-state index in [1.54, 1.807) is 50.1 Å². The van der Waals surface area contributed by atoms with Crippen molar-refractivity contribution < 1.29 is 23.9 Å². The summed E-state index contributed by atoms with van der Waals surface area (Å²) < 4.78 is 5.36. The second-order valence-electron chi connectivity index (χ2n) is 14.2. The molecule has 0 radical (unpaired) electrons. The summed E-state index contributed by atoms with van der Waals surface area (Å²) in [7, 11) is 0. The molecule has 5 aromatic rings. The van der Waals surface area contributed by atoms with Gasteiger partial charge < -0.3 is 19.9 Å². The van der Waals surface area contributed by atoms with E-state index in [1.807, 2.05) is 98.8 Å². The van der Waals surface area contributed by atoms with E-state index in [2.05, 4.69) is 10.6 Å². The molecule has 56 heavy (non-hydrogen) atoms.